The SMILES string of the molecule is O=C(CCSCc1nc2sc3c(c2c(=O)[nH]1)CCC3)Nc1ccc(CCN2CCOCC2)cc1. The van der Waals surface area contributed by atoms with E-state index in [1.165, 1.54) is 16.0 Å². The molecule has 0 atom stereocenters. The van der Waals surface area contributed by atoms with Gasteiger partial charge in [0, 0.05) is 42.4 Å². The number of nitrogens with one attached hydrogen (secondary N) is 2. The number of carbonyl (C=O) groups excluding carboxylic acids is 1. The van der Waals surface area contributed by atoms with Crippen molar-refractivity contribution in [1.82, 2.24) is 14.9 Å². The molecule has 9 heteroatoms. The van der Waals surface area contributed by atoms with Gasteiger partial charge in [0.25, 0.3) is 5.56 Å². The normalized spacial score (nSPS) is 16.1. The Kier molecular flexibility index (Phi) is 7.63. The number of aromatic nitrogens is 2. The lowest BCUT2D eigenvalue weighted by Crippen LogP contribution is -2.37. The van der Waals surface area contributed by atoms with Crippen molar-refractivity contribution in [3.8, 4) is 0 Å². The first-order valence-corrected chi connectivity index (χ1v) is 13.9. The van der Waals surface area contributed by atoms with Gasteiger partial charge in [0.1, 0.15) is 10.7 Å². The van der Waals surface area contributed by atoms with Gasteiger partial charge in [0.15, 0.2) is 0 Å². The molecule has 3 aromatic rings. The molecular weight excluding hydrogens is 468 g/mol. The average Bonchev–Trinajstić information content (AvgIpc) is 3.43. The third-order valence-corrected chi connectivity index (χ3v) is 8.55. The Balaban J connectivity index is 1.04. The number of carbonyl (C=O) groups is 1. The summed E-state index contributed by atoms with van der Waals surface area (Å²) in [5.74, 6) is 1.96. The number of rotatable bonds is 9. The van der Waals surface area contributed by atoms with E-state index >= 15 is 0 Å². The molecule has 2 aliphatic rings. The van der Waals surface area contributed by atoms with Gasteiger partial charge in [-0.2, -0.15) is 11.8 Å². The largest absolute Gasteiger partial charge is 0.379 e. The molecule has 7 nitrogen and oxygen atoms in total. The second-order valence-electron chi connectivity index (χ2n) is 8.80. The van der Waals surface area contributed by atoms with E-state index < -0.39 is 0 Å². The van der Waals surface area contributed by atoms with E-state index in [1.807, 2.05) is 12.1 Å². The molecule has 1 aliphatic carbocycles. The van der Waals surface area contributed by atoms with Gasteiger partial charge in [-0.3, -0.25) is 14.5 Å². The van der Waals surface area contributed by atoms with Crippen molar-refractivity contribution < 1.29 is 9.53 Å². The molecule has 1 amide bonds. The summed E-state index contributed by atoms with van der Waals surface area (Å²) in [6.07, 6.45) is 4.60. The van der Waals surface area contributed by atoms with Crippen molar-refractivity contribution >= 4 is 44.9 Å². The lowest BCUT2D eigenvalue weighted by Gasteiger charge is -2.26. The van der Waals surface area contributed by atoms with E-state index in [1.54, 1.807) is 23.1 Å². The predicted molar refractivity (Wildman–Crippen MR) is 139 cm³/mol. The van der Waals surface area contributed by atoms with Gasteiger partial charge in [0.2, 0.25) is 5.91 Å². The van der Waals surface area contributed by atoms with Crippen LogP contribution in [-0.4, -0.2) is 59.4 Å². The fourth-order valence-corrected chi connectivity index (χ4v) is 6.62. The Morgan fingerprint density at radius 2 is 2.03 bits per heavy atom. The number of thioether (sulfide) groups is 1. The fraction of sp³-hybridized carbons (Fsp3) is 0.480. The third kappa shape index (κ3) is 5.71. The van der Waals surface area contributed by atoms with Crippen LogP contribution in [0.2, 0.25) is 0 Å². The van der Waals surface area contributed by atoms with Gasteiger partial charge in [0.05, 0.1) is 24.4 Å². The van der Waals surface area contributed by atoms with Crippen LogP contribution < -0.4 is 10.9 Å². The van der Waals surface area contributed by atoms with Gasteiger partial charge in [-0.15, -0.1) is 11.3 Å². The first-order chi connectivity index (χ1) is 16.7. The smallest absolute Gasteiger partial charge is 0.259 e. The van der Waals surface area contributed by atoms with Gasteiger partial charge in [-0.1, -0.05) is 12.1 Å². The molecule has 1 saturated heterocycles. The zero-order valence-corrected chi connectivity index (χ0v) is 20.9. The number of thiophene rings is 1. The van der Waals surface area contributed by atoms with E-state index in [-0.39, 0.29) is 11.5 Å². The Hall–Kier alpha value is -2.20. The lowest BCUT2D eigenvalue weighted by atomic mass is 10.1. The number of hydrogen-bond donors (Lipinski definition) is 2. The van der Waals surface area contributed by atoms with Crippen LogP contribution in [0.15, 0.2) is 29.1 Å². The maximum absolute atomic E-state index is 12.5. The maximum atomic E-state index is 12.5. The lowest BCUT2D eigenvalue weighted by molar-refractivity contribution is -0.115. The highest BCUT2D eigenvalue weighted by molar-refractivity contribution is 7.98. The number of anilines is 1. The number of hydrogen-bond acceptors (Lipinski definition) is 7. The predicted octanol–water partition coefficient (Wildman–Crippen LogP) is 3.61. The monoisotopic (exact) mass is 498 g/mol. The van der Waals surface area contributed by atoms with Gasteiger partial charge >= 0.3 is 0 Å². The molecule has 5 rings (SSSR count). The summed E-state index contributed by atoms with van der Waals surface area (Å²) in [6.45, 7) is 4.69. The number of benzene rings is 1. The van der Waals surface area contributed by atoms with Crippen molar-refractivity contribution in [2.45, 2.75) is 37.9 Å². The summed E-state index contributed by atoms with van der Waals surface area (Å²) in [5, 5.41) is 3.77. The molecule has 1 aliphatic heterocycles. The molecule has 0 bridgehead atoms. The molecule has 0 spiro atoms. The maximum Gasteiger partial charge on any atom is 0.259 e. The number of fused-ring (bicyclic) bond motifs is 3. The molecule has 1 aromatic carbocycles. The summed E-state index contributed by atoms with van der Waals surface area (Å²) < 4.78 is 5.39. The molecule has 2 N–H and O–H groups in total. The van der Waals surface area contributed by atoms with E-state index in [2.05, 4.69) is 32.3 Å². The van der Waals surface area contributed by atoms with Crippen LogP contribution in [-0.2, 0) is 34.5 Å². The molecule has 1 fully saturated rings. The number of ether oxygens (including phenoxy) is 1. The van der Waals surface area contributed by atoms with Crippen LogP contribution >= 0.6 is 23.1 Å². The van der Waals surface area contributed by atoms with Crippen molar-refractivity contribution in [2.24, 2.45) is 0 Å². The quantitative estimate of drug-likeness (QED) is 0.438. The topological polar surface area (TPSA) is 87.3 Å². The first kappa shape index (κ1) is 23.5. The minimum atomic E-state index is -0.0221. The average molecular weight is 499 g/mol. The van der Waals surface area contributed by atoms with Crippen LogP contribution in [0.25, 0.3) is 10.2 Å². The number of amides is 1. The Morgan fingerprint density at radius 3 is 2.85 bits per heavy atom. The summed E-state index contributed by atoms with van der Waals surface area (Å²) in [6, 6.07) is 8.12. The molecular formula is C25H30N4O3S2. The minimum Gasteiger partial charge on any atom is -0.379 e. The zero-order valence-electron chi connectivity index (χ0n) is 19.2. The number of morpholine rings is 1. The molecule has 2 aromatic heterocycles. The fourth-order valence-electron chi connectivity index (χ4n) is 4.54. The van der Waals surface area contributed by atoms with Gasteiger partial charge < -0.3 is 15.0 Å². The number of aromatic amines is 1. The third-order valence-electron chi connectivity index (χ3n) is 6.39. The van der Waals surface area contributed by atoms with Crippen molar-refractivity contribution in [2.75, 3.05) is 43.9 Å². The summed E-state index contributed by atoms with van der Waals surface area (Å²) in [5.41, 5.74) is 3.28. The van der Waals surface area contributed by atoms with Crippen molar-refractivity contribution in [3.63, 3.8) is 0 Å². The highest BCUT2D eigenvalue weighted by Gasteiger charge is 2.21. The van der Waals surface area contributed by atoms with Crippen LogP contribution in [0.4, 0.5) is 5.69 Å². The summed E-state index contributed by atoms with van der Waals surface area (Å²) in [7, 11) is 0. The number of nitrogens with zero attached hydrogens (tertiary/aromatic N) is 2. The van der Waals surface area contributed by atoms with Gasteiger partial charge in [-0.05, 0) is 48.9 Å². The molecule has 180 valence electrons. The van der Waals surface area contributed by atoms with Crippen LogP contribution in [0.3, 0.4) is 0 Å². The van der Waals surface area contributed by atoms with Crippen molar-refractivity contribution in [3.05, 3.63) is 56.4 Å². The van der Waals surface area contributed by atoms with E-state index in [9.17, 15) is 9.59 Å². The molecule has 0 unspecified atom stereocenters. The first-order valence-electron chi connectivity index (χ1n) is 12.0. The molecule has 34 heavy (non-hydrogen) atoms. The Labute approximate surface area is 207 Å². The number of aryl methyl sites for hydroxylation is 2. The zero-order chi connectivity index (χ0) is 23.3. The minimum absolute atomic E-state index is 0.000142. The number of H-pyrrole nitrogens is 1. The van der Waals surface area contributed by atoms with Crippen molar-refractivity contribution in [1.29, 1.82) is 0 Å². The highest BCUT2D eigenvalue weighted by atomic mass is 32.2. The van der Waals surface area contributed by atoms with E-state index in [4.69, 9.17) is 4.74 Å². The molecule has 0 radical (unpaired) electrons. The Bertz CT molecular complexity index is 1200. The van der Waals surface area contributed by atoms with E-state index in [0.717, 1.165) is 74.4 Å². The summed E-state index contributed by atoms with van der Waals surface area (Å²) >= 11 is 3.27. The summed E-state index contributed by atoms with van der Waals surface area (Å²) in [4.78, 5) is 37.1. The second kappa shape index (κ2) is 11.0. The second-order valence-corrected chi connectivity index (χ2v) is 11.0. The van der Waals surface area contributed by atoms with E-state index in [0.29, 0.717) is 23.8 Å². The van der Waals surface area contributed by atoms with Crippen LogP contribution in [0.5, 0.6) is 0 Å². The standard InChI is InChI=1S/C25H30N4O3S2/c30-22(26-18-6-4-17(5-7-18)8-10-29-11-13-32-14-12-29)9-15-33-16-21-27-24(31)23-19-2-1-3-20(19)34-25(23)28-21/h4-7H,1-3,8-16H2,(H,26,30)(H,27,28,31). The van der Waals surface area contributed by atoms with Crippen LogP contribution in [0, 0.1) is 0 Å². The highest BCUT2D eigenvalue weighted by Crippen LogP contribution is 2.34. The van der Waals surface area contributed by atoms with Crippen LogP contribution in [0.1, 0.15) is 34.7 Å². The molecule has 3 heterocycles. The van der Waals surface area contributed by atoms with Gasteiger partial charge in [-0.25, -0.2) is 4.98 Å². The molecule has 0 saturated carbocycles. The Morgan fingerprint density at radius 1 is 1.21 bits per heavy atom.